The zero-order chi connectivity index (χ0) is 17.2. The van der Waals surface area contributed by atoms with E-state index in [1.165, 1.54) is 0 Å². The van der Waals surface area contributed by atoms with Gasteiger partial charge in [0, 0.05) is 23.2 Å². The minimum Gasteiger partial charge on any atom is -0.392 e. The molecule has 0 aromatic carbocycles. The van der Waals surface area contributed by atoms with Gasteiger partial charge in [0.1, 0.15) is 5.78 Å². The predicted molar refractivity (Wildman–Crippen MR) is 90.8 cm³/mol. The van der Waals surface area contributed by atoms with Crippen LogP contribution in [0.5, 0.6) is 0 Å². The highest BCUT2D eigenvalue weighted by atomic mass is 16.3. The van der Waals surface area contributed by atoms with E-state index in [1.54, 1.807) is 0 Å². The summed E-state index contributed by atoms with van der Waals surface area (Å²) in [7, 11) is 0. The summed E-state index contributed by atoms with van der Waals surface area (Å²) in [6.45, 7) is 12.4. The van der Waals surface area contributed by atoms with Crippen molar-refractivity contribution in [3.05, 3.63) is 12.7 Å². The first-order valence-corrected chi connectivity index (χ1v) is 9.16. The van der Waals surface area contributed by atoms with Gasteiger partial charge in [-0.15, -0.1) is 6.58 Å². The summed E-state index contributed by atoms with van der Waals surface area (Å²) >= 11 is 0. The van der Waals surface area contributed by atoms with Crippen LogP contribution in [-0.4, -0.2) is 28.2 Å². The Kier molecular flexibility index (Phi) is 3.85. The van der Waals surface area contributed by atoms with Gasteiger partial charge in [-0.05, 0) is 42.9 Å². The van der Waals surface area contributed by atoms with Crippen molar-refractivity contribution in [1.82, 2.24) is 0 Å². The Labute approximate surface area is 140 Å². The number of Topliss-reactive ketones (excluding diaryl/α,β-unsaturated/α-hetero) is 1. The van der Waals surface area contributed by atoms with Gasteiger partial charge >= 0.3 is 0 Å². The number of rotatable bonds is 1. The predicted octanol–water partition coefficient (Wildman–Crippen LogP) is 3.34. The van der Waals surface area contributed by atoms with E-state index in [2.05, 4.69) is 27.4 Å². The summed E-state index contributed by atoms with van der Waals surface area (Å²) in [5, 5.41) is 22.3. The van der Waals surface area contributed by atoms with E-state index in [0.717, 1.165) is 19.3 Å². The number of carbonyl (C=O) groups is 1. The van der Waals surface area contributed by atoms with Crippen LogP contribution < -0.4 is 0 Å². The summed E-state index contributed by atoms with van der Waals surface area (Å²) < 4.78 is 0. The van der Waals surface area contributed by atoms with E-state index in [-0.39, 0.29) is 17.3 Å². The molecule has 0 amide bonds. The number of hydrogen-bond acceptors (Lipinski definition) is 3. The second-order valence-electron chi connectivity index (χ2n) is 9.10. The molecule has 0 aromatic heterocycles. The molecule has 23 heavy (non-hydrogen) atoms. The van der Waals surface area contributed by atoms with Crippen molar-refractivity contribution in [3.63, 3.8) is 0 Å². The maximum absolute atomic E-state index is 12.8. The van der Waals surface area contributed by atoms with E-state index < -0.39 is 23.0 Å². The average molecular weight is 320 g/mol. The fourth-order valence-electron chi connectivity index (χ4n) is 6.37. The van der Waals surface area contributed by atoms with Gasteiger partial charge in [0.15, 0.2) is 0 Å². The van der Waals surface area contributed by atoms with Crippen molar-refractivity contribution in [1.29, 1.82) is 0 Å². The van der Waals surface area contributed by atoms with Crippen LogP contribution in [-0.2, 0) is 4.79 Å². The van der Waals surface area contributed by atoms with Gasteiger partial charge in [-0.3, -0.25) is 4.79 Å². The quantitative estimate of drug-likeness (QED) is 0.729. The molecule has 0 radical (unpaired) electrons. The monoisotopic (exact) mass is 320 g/mol. The molecule has 8 atom stereocenters. The molecule has 130 valence electrons. The molecule has 2 bridgehead atoms. The van der Waals surface area contributed by atoms with Crippen molar-refractivity contribution in [2.45, 2.75) is 72.0 Å². The van der Waals surface area contributed by atoms with Crippen molar-refractivity contribution in [3.8, 4) is 0 Å². The van der Waals surface area contributed by atoms with E-state index in [9.17, 15) is 15.0 Å². The number of aliphatic hydroxyl groups excluding tert-OH is 2. The lowest BCUT2D eigenvalue weighted by Crippen LogP contribution is -2.62. The Morgan fingerprint density at radius 2 is 1.87 bits per heavy atom. The first-order chi connectivity index (χ1) is 10.6. The molecule has 0 spiro atoms. The standard InChI is InChI=1S/C20H32O3/c1-6-18(4)11-15(22)19(5)12(2)7-9-20(13(3)17(18)23)10-8-14(21)16(19)20/h6,12-13,15-17,22-23H,1,7-11H2,2-5H3/t12-,13+,15-,16-,17-,18-,19+,20+/m1/s1. The van der Waals surface area contributed by atoms with Gasteiger partial charge in [0.05, 0.1) is 12.2 Å². The summed E-state index contributed by atoms with van der Waals surface area (Å²) in [5.74, 6) is 0.544. The zero-order valence-electron chi connectivity index (χ0n) is 15.0. The van der Waals surface area contributed by atoms with Crippen LogP contribution in [0.15, 0.2) is 12.7 Å². The molecule has 3 heteroatoms. The molecule has 3 nitrogen and oxygen atoms in total. The molecule has 3 aliphatic rings. The lowest BCUT2D eigenvalue weighted by molar-refractivity contribution is -0.191. The second kappa shape index (κ2) is 5.16. The van der Waals surface area contributed by atoms with E-state index in [4.69, 9.17) is 0 Å². The number of carbonyl (C=O) groups excluding carboxylic acids is 1. The Morgan fingerprint density at radius 3 is 2.48 bits per heavy atom. The molecule has 0 aliphatic heterocycles. The van der Waals surface area contributed by atoms with Crippen molar-refractivity contribution < 1.29 is 15.0 Å². The molecule has 3 fully saturated rings. The molecule has 3 saturated carbocycles. The van der Waals surface area contributed by atoms with Crippen molar-refractivity contribution in [2.75, 3.05) is 0 Å². The summed E-state index contributed by atoms with van der Waals surface area (Å²) in [4.78, 5) is 12.8. The Balaban J connectivity index is 2.21. The molecule has 2 N–H and O–H groups in total. The first kappa shape index (κ1) is 17.2. The molecule has 0 unspecified atom stereocenters. The van der Waals surface area contributed by atoms with Crippen LogP contribution in [0.2, 0.25) is 0 Å². The van der Waals surface area contributed by atoms with E-state index >= 15 is 0 Å². The molecule has 0 saturated heterocycles. The molecule has 3 rings (SSSR count). The third-order valence-electron chi connectivity index (χ3n) is 8.33. The highest BCUT2D eigenvalue weighted by molar-refractivity contribution is 5.85. The average Bonchev–Trinajstić information content (AvgIpc) is 2.87. The van der Waals surface area contributed by atoms with Gasteiger partial charge in [-0.2, -0.15) is 0 Å². The molecule has 0 heterocycles. The summed E-state index contributed by atoms with van der Waals surface area (Å²) in [6, 6.07) is 0. The number of aliphatic hydroxyl groups is 2. The number of hydrogen-bond donors (Lipinski definition) is 2. The number of ketones is 1. The van der Waals surface area contributed by atoms with Gasteiger partial charge in [0.25, 0.3) is 0 Å². The third-order valence-corrected chi connectivity index (χ3v) is 8.33. The Hall–Kier alpha value is -0.670. The van der Waals surface area contributed by atoms with Gasteiger partial charge in [0.2, 0.25) is 0 Å². The van der Waals surface area contributed by atoms with Gasteiger partial charge in [-0.25, -0.2) is 0 Å². The smallest absolute Gasteiger partial charge is 0.137 e. The van der Waals surface area contributed by atoms with E-state index in [1.807, 2.05) is 13.0 Å². The fraction of sp³-hybridized carbons (Fsp3) is 0.850. The Morgan fingerprint density at radius 1 is 1.22 bits per heavy atom. The normalized spacial score (nSPS) is 56.6. The summed E-state index contributed by atoms with van der Waals surface area (Å²) in [5.41, 5.74) is -1.07. The van der Waals surface area contributed by atoms with Crippen molar-refractivity contribution >= 4 is 5.78 Å². The van der Waals surface area contributed by atoms with Crippen LogP contribution in [0.3, 0.4) is 0 Å². The maximum Gasteiger partial charge on any atom is 0.137 e. The minimum absolute atomic E-state index is 0.0428. The molecule has 0 aromatic rings. The van der Waals surface area contributed by atoms with Gasteiger partial charge < -0.3 is 10.2 Å². The van der Waals surface area contributed by atoms with Crippen LogP contribution >= 0.6 is 0 Å². The van der Waals surface area contributed by atoms with Crippen LogP contribution in [0.1, 0.15) is 59.8 Å². The first-order valence-electron chi connectivity index (χ1n) is 9.16. The highest BCUT2D eigenvalue weighted by Crippen LogP contribution is 2.67. The van der Waals surface area contributed by atoms with Crippen LogP contribution in [0, 0.1) is 34.0 Å². The largest absolute Gasteiger partial charge is 0.392 e. The van der Waals surface area contributed by atoms with Crippen molar-refractivity contribution in [2.24, 2.45) is 34.0 Å². The molecular weight excluding hydrogens is 288 g/mol. The van der Waals surface area contributed by atoms with Crippen LogP contribution in [0.25, 0.3) is 0 Å². The molecular formula is C20H32O3. The third kappa shape index (κ3) is 1.99. The minimum atomic E-state index is -0.589. The zero-order valence-corrected chi connectivity index (χ0v) is 15.0. The topological polar surface area (TPSA) is 57.5 Å². The summed E-state index contributed by atoms with van der Waals surface area (Å²) in [6.07, 6.45) is 4.60. The lowest BCUT2D eigenvalue weighted by Gasteiger charge is -2.61. The second-order valence-corrected chi connectivity index (χ2v) is 9.10. The Bertz CT molecular complexity index is 529. The fourth-order valence-corrected chi connectivity index (χ4v) is 6.37. The van der Waals surface area contributed by atoms with Gasteiger partial charge in [-0.1, -0.05) is 33.8 Å². The lowest BCUT2D eigenvalue weighted by atomic mass is 9.44. The molecule has 3 aliphatic carbocycles. The SMILES string of the molecule is C=C[C@]1(C)C[C@@H](O)[C@]2(C)[C@H](C)CC[C@]3(CCC(=O)[C@@H]32)[C@@H](C)[C@H]1O. The highest BCUT2D eigenvalue weighted by Gasteiger charge is 2.67. The maximum atomic E-state index is 12.8. The van der Waals surface area contributed by atoms with Crippen LogP contribution in [0.4, 0.5) is 0 Å². The van der Waals surface area contributed by atoms with E-state index in [0.29, 0.717) is 24.5 Å².